The van der Waals surface area contributed by atoms with Crippen LogP contribution in [0.25, 0.3) is 10.9 Å². The van der Waals surface area contributed by atoms with Crippen LogP contribution >= 0.6 is 0 Å². The monoisotopic (exact) mass is 443 g/mol. The molecule has 1 aliphatic carbocycles. The van der Waals surface area contributed by atoms with E-state index in [1.54, 1.807) is 7.11 Å². The van der Waals surface area contributed by atoms with Crippen molar-refractivity contribution in [2.45, 2.75) is 63.2 Å². The van der Waals surface area contributed by atoms with Crippen molar-refractivity contribution in [3.63, 3.8) is 0 Å². The van der Waals surface area contributed by atoms with Gasteiger partial charge in [0.25, 0.3) is 5.91 Å². The lowest BCUT2D eigenvalue weighted by molar-refractivity contribution is -0.0114. The van der Waals surface area contributed by atoms with Crippen molar-refractivity contribution in [1.29, 1.82) is 0 Å². The minimum Gasteiger partial charge on any atom is -0.496 e. The number of nitrogens with zero attached hydrogens (tertiary/aromatic N) is 2. The van der Waals surface area contributed by atoms with Crippen molar-refractivity contribution in [3.05, 3.63) is 65.9 Å². The molecule has 2 bridgehead atoms. The Morgan fingerprint density at radius 3 is 2.70 bits per heavy atom. The van der Waals surface area contributed by atoms with Gasteiger partial charge in [-0.15, -0.1) is 0 Å². The van der Waals surface area contributed by atoms with Crippen LogP contribution < -0.4 is 4.74 Å². The number of hydrogen-bond donors (Lipinski definition) is 1. The highest BCUT2D eigenvalue weighted by Gasteiger charge is 2.62. The number of aromatic nitrogens is 1. The fourth-order valence-electron chi connectivity index (χ4n) is 7.38. The van der Waals surface area contributed by atoms with Crippen molar-refractivity contribution in [1.82, 2.24) is 14.8 Å². The summed E-state index contributed by atoms with van der Waals surface area (Å²) in [5, 5.41) is 0.966. The molecule has 33 heavy (non-hydrogen) atoms. The number of hydrogen-bond acceptors (Lipinski definition) is 3. The summed E-state index contributed by atoms with van der Waals surface area (Å²) in [6, 6.07) is 20.0. The highest BCUT2D eigenvalue weighted by atomic mass is 16.5. The molecule has 0 spiro atoms. The van der Waals surface area contributed by atoms with Gasteiger partial charge >= 0.3 is 0 Å². The number of carbonyl (C=O) groups is 1. The molecular weight excluding hydrogens is 410 g/mol. The molecule has 1 saturated carbocycles. The molecule has 3 aromatic rings. The fourth-order valence-corrected chi connectivity index (χ4v) is 7.38. The largest absolute Gasteiger partial charge is 0.496 e. The van der Waals surface area contributed by atoms with E-state index in [0.717, 1.165) is 29.5 Å². The van der Waals surface area contributed by atoms with Crippen molar-refractivity contribution in [2.24, 2.45) is 5.41 Å². The van der Waals surface area contributed by atoms with Gasteiger partial charge in [-0.2, -0.15) is 0 Å². The highest BCUT2D eigenvalue weighted by molar-refractivity contribution is 6.00. The quantitative estimate of drug-likeness (QED) is 0.626. The van der Waals surface area contributed by atoms with Crippen molar-refractivity contribution < 1.29 is 9.53 Å². The second-order valence-electron chi connectivity index (χ2n) is 10.5. The molecule has 6 rings (SSSR count). The Kier molecular flexibility index (Phi) is 4.80. The predicted molar refractivity (Wildman–Crippen MR) is 131 cm³/mol. The molecule has 3 heterocycles. The Morgan fingerprint density at radius 1 is 1.12 bits per heavy atom. The minimum absolute atomic E-state index is 0.131. The van der Waals surface area contributed by atoms with Gasteiger partial charge in [-0.3, -0.25) is 9.69 Å². The van der Waals surface area contributed by atoms with Crippen molar-refractivity contribution in [3.8, 4) is 5.75 Å². The molecule has 172 valence electrons. The highest BCUT2D eigenvalue weighted by Crippen LogP contribution is 2.56. The third kappa shape index (κ3) is 3.05. The Bertz CT molecular complexity index is 1190. The molecule has 1 amide bonds. The molecule has 2 aromatic carbocycles. The normalized spacial score (nSPS) is 31.2. The first kappa shape index (κ1) is 20.8. The first-order chi connectivity index (χ1) is 16.0. The van der Waals surface area contributed by atoms with E-state index < -0.39 is 0 Å². The van der Waals surface area contributed by atoms with E-state index >= 15 is 0 Å². The van der Waals surface area contributed by atoms with Crippen LogP contribution in [0.1, 0.15) is 48.7 Å². The van der Waals surface area contributed by atoms with Crippen LogP contribution in [0.4, 0.5) is 0 Å². The second kappa shape index (κ2) is 7.63. The maximum Gasteiger partial charge on any atom is 0.270 e. The number of ether oxygens (including phenoxy) is 1. The maximum atomic E-state index is 14.3. The molecule has 2 saturated heterocycles. The average molecular weight is 444 g/mol. The Labute approximate surface area is 195 Å². The van der Waals surface area contributed by atoms with E-state index in [0.29, 0.717) is 17.8 Å². The zero-order valence-electron chi connectivity index (χ0n) is 19.8. The van der Waals surface area contributed by atoms with E-state index in [1.807, 2.05) is 24.3 Å². The van der Waals surface area contributed by atoms with Crippen molar-refractivity contribution in [2.75, 3.05) is 14.2 Å². The summed E-state index contributed by atoms with van der Waals surface area (Å²) < 4.78 is 5.55. The number of fused-ring (bicyclic) bond motifs is 2. The molecule has 3 fully saturated rings. The summed E-state index contributed by atoms with van der Waals surface area (Å²) >= 11 is 0. The van der Waals surface area contributed by atoms with Crippen LogP contribution in [0.3, 0.4) is 0 Å². The number of rotatable bonds is 4. The average Bonchev–Trinajstić information content (AvgIpc) is 3.38. The first-order valence-corrected chi connectivity index (χ1v) is 12.3. The molecule has 1 N–H and O–H groups in total. The summed E-state index contributed by atoms with van der Waals surface area (Å²) in [5.74, 6) is 0.929. The minimum atomic E-state index is 0.131. The SMILES string of the molecule is COc1cccc2[nH]c(C(=O)N3[C@@H](Cc4ccccc4)[C@@H]4C[C@@]5(C)[C@H](CCC[C@@H]35)N4C)cc12. The van der Waals surface area contributed by atoms with Gasteiger partial charge in [0, 0.05) is 34.4 Å². The van der Waals surface area contributed by atoms with Crippen LogP contribution in [0.15, 0.2) is 54.6 Å². The third-order valence-electron chi connectivity index (χ3n) is 8.88. The number of likely N-dealkylation sites (tertiary alicyclic amines) is 2. The van der Waals surface area contributed by atoms with E-state index in [2.05, 4.69) is 59.1 Å². The van der Waals surface area contributed by atoms with Crippen molar-refractivity contribution >= 4 is 16.8 Å². The number of piperidine rings is 1. The number of amides is 1. The van der Waals surface area contributed by atoms with Crippen LogP contribution in [0, 0.1) is 5.41 Å². The lowest BCUT2D eigenvalue weighted by Gasteiger charge is -2.53. The molecule has 0 radical (unpaired) electrons. The molecule has 5 heteroatoms. The molecular formula is C28H33N3O2. The summed E-state index contributed by atoms with van der Waals surface area (Å²) in [6.07, 6.45) is 5.59. The molecule has 5 nitrogen and oxygen atoms in total. The summed E-state index contributed by atoms with van der Waals surface area (Å²) in [7, 11) is 3.98. The molecule has 5 atom stereocenters. The summed E-state index contributed by atoms with van der Waals surface area (Å²) in [4.78, 5) is 22.6. The Hall–Kier alpha value is -2.79. The maximum absolute atomic E-state index is 14.3. The van der Waals surface area contributed by atoms with Gasteiger partial charge in [0.05, 0.1) is 13.2 Å². The summed E-state index contributed by atoms with van der Waals surface area (Å²) in [5.41, 5.74) is 3.07. The molecule has 2 aliphatic heterocycles. The predicted octanol–water partition coefficient (Wildman–Crippen LogP) is 4.88. The lowest BCUT2D eigenvalue weighted by atomic mass is 9.64. The topological polar surface area (TPSA) is 48.6 Å². The number of likely N-dealkylation sites (N-methyl/N-ethyl adjacent to an activating group) is 1. The van der Waals surface area contributed by atoms with Crippen LogP contribution in [-0.4, -0.2) is 59.0 Å². The molecule has 1 aromatic heterocycles. The Morgan fingerprint density at radius 2 is 1.91 bits per heavy atom. The van der Waals surface area contributed by atoms with Gasteiger partial charge in [-0.1, -0.05) is 43.3 Å². The van der Waals surface area contributed by atoms with Crippen LogP contribution in [0.5, 0.6) is 5.75 Å². The van der Waals surface area contributed by atoms with Gasteiger partial charge in [-0.05, 0) is 62.9 Å². The fraction of sp³-hybridized carbons (Fsp3) is 0.464. The van der Waals surface area contributed by atoms with Gasteiger partial charge in [0.2, 0.25) is 0 Å². The lowest BCUT2D eigenvalue weighted by Crippen LogP contribution is -2.62. The standard InChI is InChI=1S/C28H33N3O2/c1-28-17-23-22(15-18-9-5-4-6-10-18)31(26(28)14-8-13-25(28)30(23)2)27(32)21-16-19-20(29-21)11-7-12-24(19)33-3/h4-7,9-12,16,22-23,25-26,29H,8,13-15,17H2,1-3H3/t22-,23-,25-,26+,28-/m0/s1. The van der Waals surface area contributed by atoms with E-state index in [4.69, 9.17) is 4.74 Å². The van der Waals surface area contributed by atoms with E-state index in [-0.39, 0.29) is 23.4 Å². The molecule has 3 aliphatic rings. The van der Waals surface area contributed by atoms with Crippen LogP contribution in [-0.2, 0) is 6.42 Å². The number of carbonyl (C=O) groups excluding carboxylic acids is 1. The Balaban J connectivity index is 1.45. The smallest absolute Gasteiger partial charge is 0.270 e. The van der Waals surface area contributed by atoms with Gasteiger partial charge < -0.3 is 14.6 Å². The zero-order chi connectivity index (χ0) is 22.7. The van der Waals surface area contributed by atoms with Crippen LogP contribution in [0.2, 0.25) is 0 Å². The number of H-pyrrole nitrogens is 1. The molecule has 0 unspecified atom stereocenters. The van der Waals surface area contributed by atoms with Gasteiger partial charge in [0.1, 0.15) is 11.4 Å². The van der Waals surface area contributed by atoms with Gasteiger partial charge in [0.15, 0.2) is 0 Å². The first-order valence-electron chi connectivity index (χ1n) is 12.3. The number of methoxy groups -OCH3 is 1. The zero-order valence-corrected chi connectivity index (χ0v) is 19.8. The van der Waals surface area contributed by atoms with E-state index in [9.17, 15) is 4.79 Å². The van der Waals surface area contributed by atoms with Gasteiger partial charge in [-0.25, -0.2) is 0 Å². The second-order valence-corrected chi connectivity index (χ2v) is 10.5. The number of nitrogens with one attached hydrogen (secondary N) is 1. The third-order valence-corrected chi connectivity index (χ3v) is 8.88. The number of benzene rings is 2. The summed E-state index contributed by atoms with van der Waals surface area (Å²) in [6.45, 7) is 2.44. The van der Waals surface area contributed by atoms with E-state index in [1.165, 1.54) is 24.8 Å². The number of aromatic amines is 1.